The van der Waals surface area contributed by atoms with Crippen LogP contribution in [-0.2, 0) is 24.7 Å². The molecule has 0 bridgehead atoms. The molecule has 1 N–H and O–H groups in total. The van der Waals surface area contributed by atoms with Crippen molar-refractivity contribution in [3.05, 3.63) is 30.1 Å². The molecule has 1 atom stereocenters. The summed E-state index contributed by atoms with van der Waals surface area (Å²) >= 11 is 0. The molecular weight excluding hydrogens is 359 g/mol. The minimum absolute atomic E-state index is 0.00294. The zero-order valence-corrected chi connectivity index (χ0v) is 14.7. The van der Waals surface area contributed by atoms with Gasteiger partial charge in [-0.2, -0.15) is 4.31 Å². The first kappa shape index (κ1) is 18.8. The van der Waals surface area contributed by atoms with Gasteiger partial charge in [0.1, 0.15) is 10.7 Å². The Morgan fingerprint density at radius 3 is 2.58 bits per heavy atom. The van der Waals surface area contributed by atoms with E-state index in [1.165, 1.54) is 19.1 Å². The van der Waals surface area contributed by atoms with E-state index in [1.807, 2.05) is 0 Å². The van der Waals surface area contributed by atoms with Crippen LogP contribution in [0.4, 0.5) is 4.39 Å². The van der Waals surface area contributed by atoms with Crippen LogP contribution in [0, 0.1) is 5.82 Å². The fourth-order valence-electron chi connectivity index (χ4n) is 2.50. The standard InChI is InChI=1S/C14H19FN2O5S2/c1-2-17(24(21,22)13-6-4-3-5-12(13)15)9-14(18)16-11-7-8-23(19,20)10-11/h3-6,11H,2,7-10H2,1H3,(H,16,18)/t11-/m0/s1. The SMILES string of the molecule is CCN(CC(=O)N[C@H]1CCS(=O)(=O)C1)S(=O)(=O)c1ccccc1F. The summed E-state index contributed by atoms with van der Waals surface area (Å²) in [6.45, 7) is 1.02. The molecule has 1 heterocycles. The van der Waals surface area contributed by atoms with E-state index in [4.69, 9.17) is 0 Å². The molecule has 0 radical (unpaired) electrons. The topological polar surface area (TPSA) is 101 Å². The van der Waals surface area contributed by atoms with Crippen molar-refractivity contribution in [1.29, 1.82) is 0 Å². The van der Waals surface area contributed by atoms with Crippen LogP contribution in [0.15, 0.2) is 29.2 Å². The van der Waals surface area contributed by atoms with Gasteiger partial charge in [0.05, 0.1) is 18.1 Å². The normalized spacial score (nSPS) is 20.2. The molecule has 134 valence electrons. The predicted molar refractivity (Wildman–Crippen MR) is 86.0 cm³/mol. The van der Waals surface area contributed by atoms with Gasteiger partial charge >= 0.3 is 0 Å². The van der Waals surface area contributed by atoms with Gasteiger partial charge in [-0.05, 0) is 18.6 Å². The van der Waals surface area contributed by atoms with Crippen LogP contribution in [0.25, 0.3) is 0 Å². The van der Waals surface area contributed by atoms with Gasteiger partial charge in [-0.3, -0.25) is 4.79 Å². The van der Waals surface area contributed by atoms with Crippen molar-refractivity contribution in [3.8, 4) is 0 Å². The number of hydrogen-bond acceptors (Lipinski definition) is 5. The molecule has 0 aromatic heterocycles. The number of hydrogen-bond donors (Lipinski definition) is 1. The second-order valence-corrected chi connectivity index (χ2v) is 9.66. The summed E-state index contributed by atoms with van der Waals surface area (Å²) in [7, 11) is -7.30. The van der Waals surface area contributed by atoms with Crippen LogP contribution in [0.2, 0.25) is 0 Å². The third kappa shape index (κ3) is 4.31. The van der Waals surface area contributed by atoms with Crippen LogP contribution in [0.3, 0.4) is 0 Å². The van der Waals surface area contributed by atoms with Gasteiger partial charge in [0.15, 0.2) is 9.84 Å². The summed E-state index contributed by atoms with van der Waals surface area (Å²) in [4.78, 5) is 11.5. The highest BCUT2D eigenvalue weighted by atomic mass is 32.2. The Morgan fingerprint density at radius 2 is 2.04 bits per heavy atom. The fourth-order valence-corrected chi connectivity index (χ4v) is 5.65. The molecular formula is C14H19FN2O5S2. The average Bonchev–Trinajstić information content (AvgIpc) is 2.83. The summed E-state index contributed by atoms with van der Waals surface area (Å²) in [6.07, 6.45) is 0.306. The molecule has 1 aromatic carbocycles. The van der Waals surface area contributed by atoms with Crippen LogP contribution in [0.5, 0.6) is 0 Å². The summed E-state index contributed by atoms with van der Waals surface area (Å²) in [5.41, 5.74) is 0. The maximum Gasteiger partial charge on any atom is 0.246 e. The quantitative estimate of drug-likeness (QED) is 0.759. The third-order valence-electron chi connectivity index (χ3n) is 3.72. The van der Waals surface area contributed by atoms with Crippen molar-refractivity contribution in [2.45, 2.75) is 24.3 Å². The van der Waals surface area contributed by atoms with Gasteiger partial charge in [0.25, 0.3) is 0 Å². The number of likely N-dealkylation sites (N-methyl/N-ethyl adjacent to an activating group) is 1. The summed E-state index contributed by atoms with van der Waals surface area (Å²) in [5, 5.41) is 2.52. The number of carbonyl (C=O) groups is 1. The molecule has 1 saturated heterocycles. The van der Waals surface area contributed by atoms with Crippen LogP contribution >= 0.6 is 0 Å². The molecule has 10 heteroatoms. The molecule has 2 rings (SSSR count). The van der Waals surface area contributed by atoms with E-state index < -0.39 is 49.1 Å². The lowest BCUT2D eigenvalue weighted by Gasteiger charge is -2.21. The minimum Gasteiger partial charge on any atom is -0.351 e. The smallest absolute Gasteiger partial charge is 0.246 e. The molecule has 1 aliphatic heterocycles. The maximum atomic E-state index is 13.8. The van der Waals surface area contributed by atoms with Gasteiger partial charge in [-0.15, -0.1) is 0 Å². The van der Waals surface area contributed by atoms with Crippen LogP contribution in [-0.4, -0.2) is 57.7 Å². The van der Waals surface area contributed by atoms with Crippen molar-refractivity contribution in [2.24, 2.45) is 0 Å². The van der Waals surface area contributed by atoms with Crippen molar-refractivity contribution < 1.29 is 26.0 Å². The Bertz CT molecular complexity index is 823. The number of amides is 1. The Morgan fingerprint density at radius 1 is 1.38 bits per heavy atom. The molecule has 0 spiro atoms. The van der Waals surface area contributed by atoms with Crippen LogP contribution < -0.4 is 5.32 Å². The molecule has 7 nitrogen and oxygen atoms in total. The lowest BCUT2D eigenvalue weighted by Crippen LogP contribution is -2.44. The Labute approximate surface area is 140 Å². The van der Waals surface area contributed by atoms with E-state index in [0.29, 0.717) is 6.42 Å². The first-order valence-corrected chi connectivity index (χ1v) is 10.7. The Balaban J connectivity index is 2.09. The van der Waals surface area contributed by atoms with Gasteiger partial charge in [0.2, 0.25) is 15.9 Å². The van der Waals surface area contributed by atoms with Gasteiger partial charge in [-0.25, -0.2) is 21.2 Å². The molecule has 1 aliphatic rings. The largest absolute Gasteiger partial charge is 0.351 e. The summed E-state index contributed by atoms with van der Waals surface area (Å²) < 4.78 is 62.3. The molecule has 1 fully saturated rings. The summed E-state index contributed by atoms with van der Waals surface area (Å²) in [5.74, 6) is -1.65. The molecule has 1 aromatic rings. The number of nitrogens with zero attached hydrogens (tertiary/aromatic N) is 1. The van der Waals surface area contributed by atoms with Crippen molar-refractivity contribution >= 4 is 25.8 Å². The highest BCUT2D eigenvalue weighted by molar-refractivity contribution is 7.91. The van der Waals surface area contributed by atoms with Crippen LogP contribution in [0.1, 0.15) is 13.3 Å². The highest BCUT2D eigenvalue weighted by Crippen LogP contribution is 2.19. The van der Waals surface area contributed by atoms with Gasteiger partial charge in [0, 0.05) is 12.6 Å². The number of benzene rings is 1. The number of halogens is 1. The number of sulfone groups is 1. The maximum absolute atomic E-state index is 13.8. The Hall–Kier alpha value is -1.52. The van der Waals surface area contributed by atoms with Gasteiger partial charge in [-0.1, -0.05) is 19.1 Å². The average molecular weight is 378 g/mol. The number of nitrogens with one attached hydrogen (secondary N) is 1. The van der Waals surface area contributed by atoms with E-state index in [2.05, 4.69) is 5.32 Å². The minimum atomic E-state index is -4.15. The predicted octanol–water partition coefficient (Wildman–Crippen LogP) is 0.140. The zero-order valence-electron chi connectivity index (χ0n) is 13.1. The van der Waals surface area contributed by atoms with E-state index in [-0.39, 0.29) is 18.1 Å². The monoisotopic (exact) mass is 378 g/mol. The zero-order chi connectivity index (χ0) is 18.0. The van der Waals surface area contributed by atoms with Crippen molar-refractivity contribution in [1.82, 2.24) is 9.62 Å². The molecule has 0 unspecified atom stereocenters. The lowest BCUT2D eigenvalue weighted by molar-refractivity contribution is -0.121. The van der Waals surface area contributed by atoms with E-state index in [1.54, 1.807) is 0 Å². The second-order valence-electron chi connectivity index (χ2n) is 5.53. The number of carbonyl (C=O) groups excluding carboxylic acids is 1. The van der Waals surface area contributed by atoms with E-state index in [9.17, 15) is 26.0 Å². The molecule has 0 saturated carbocycles. The van der Waals surface area contributed by atoms with Gasteiger partial charge < -0.3 is 5.32 Å². The first-order valence-electron chi connectivity index (χ1n) is 7.40. The second kappa shape index (κ2) is 7.16. The van der Waals surface area contributed by atoms with E-state index >= 15 is 0 Å². The molecule has 0 aliphatic carbocycles. The van der Waals surface area contributed by atoms with E-state index in [0.717, 1.165) is 16.4 Å². The number of rotatable bonds is 6. The fraction of sp³-hybridized carbons (Fsp3) is 0.500. The molecule has 1 amide bonds. The third-order valence-corrected chi connectivity index (χ3v) is 7.45. The first-order chi connectivity index (χ1) is 11.2. The number of sulfonamides is 1. The summed E-state index contributed by atoms with van der Waals surface area (Å²) in [6, 6.07) is 4.42. The van der Waals surface area contributed by atoms with Crippen molar-refractivity contribution in [2.75, 3.05) is 24.6 Å². The Kier molecular flexibility index (Phi) is 5.61. The van der Waals surface area contributed by atoms with Crippen molar-refractivity contribution in [3.63, 3.8) is 0 Å². The lowest BCUT2D eigenvalue weighted by atomic mass is 10.2. The highest BCUT2D eigenvalue weighted by Gasteiger charge is 2.31. The molecule has 24 heavy (non-hydrogen) atoms.